The molecule has 1 aromatic rings. The summed E-state index contributed by atoms with van der Waals surface area (Å²) in [7, 11) is 0. The van der Waals surface area contributed by atoms with Crippen LogP contribution < -0.4 is 5.32 Å². The predicted molar refractivity (Wildman–Crippen MR) is 88.9 cm³/mol. The van der Waals surface area contributed by atoms with E-state index in [2.05, 4.69) is 12.2 Å². The van der Waals surface area contributed by atoms with Crippen molar-refractivity contribution in [3.05, 3.63) is 41.4 Å². The number of amides is 1. The number of esters is 1. The number of ether oxygens (including phenoxy) is 1. The fraction of sp³-hybridized carbons (Fsp3) is 0.412. The molecule has 4 nitrogen and oxygen atoms in total. The van der Waals surface area contributed by atoms with Crippen molar-refractivity contribution in [1.82, 2.24) is 0 Å². The molecule has 1 aromatic carbocycles. The second kappa shape index (κ2) is 10.9. The molecular formula is C17H22ClNO3. The van der Waals surface area contributed by atoms with E-state index in [0.29, 0.717) is 17.3 Å². The molecule has 0 aliphatic rings. The van der Waals surface area contributed by atoms with E-state index < -0.39 is 5.97 Å². The van der Waals surface area contributed by atoms with Crippen LogP contribution in [0.2, 0.25) is 5.02 Å². The highest BCUT2D eigenvalue weighted by Crippen LogP contribution is 2.13. The normalized spacial score (nSPS) is 10.6. The van der Waals surface area contributed by atoms with E-state index in [0.717, 1.165) is 31.4 Å². The number of benzene rings is 1. The first kappa shape index (κ1) is 18.2. The highest BCUT2D eigenvalue weighted by molar-refractivity contribution is 6.30. The number of halogens is 1. The van der Waals surface area contributed by atoms with Crippen LogP contribution in [0.25, 0.3) is 0 Å². The summed E-state index contributed by atoms with van der Waals surface area (Å²) >= 11 is 5.75. The number of unbranched alkanes of at least 4 members (excludes halogenated alkanes) is 4. The molecule has 0 aromatic heterocycles. The number of rotatable bonds is 9. The Morgan fingerprint density at radius 2 is 1.77 bits per heavy atom. The first-order valence-corrected chi connectivity index (χ1v) is 7.91. The van der Waals surface area contributed by atoms with Gasteiger partial charge in [0.05, 0.1) is 6.61 Å². The zero-order chi connectivity index (χ0) is 16.2. The molecule has 0 radical (unpaired) electrons. The first-order chi connectivity index (χ1) is 10.6. The van der Waals surface area contributed by atoms with Gasteiger partial charge in [-0.25, -0.2) is 4.79 Å². The van der Waals surface area contributed by atoms with Gasteiger partial charge in [0, 0.05) is 22.9 Å². The van der Waals surface area contributed by atoms with E-state index in [1.807, 2.05) is 0 Å². The van der Waals surface area contributed by atoms with Crippen molar-refractivity contribution in [3.63, 3.8) is 0 Å². The lowest BCUT2D eigenvalue weighted by Crippen LogP contribution is -2.09. The third-order valence-corrected chi connectivity index (χ3v) is 3.23. The number of carbonyl (C=O) groups excluding carboxylic acids is 2. The summed E-state index contributed by atoms with van der Waals surface area (Å²) < 4.78 is 5.02. The maximum Gasteiger partial charge on any atom is 0.330 e. The second-order valence-electron chi connectivity index (χ2n) is 4.91. The van der Waals surface area contributed by atoms with Gasteiger partial charge in [-0.3, -0.25) is 4.79 Å². The van der Waals surface area contributed by atoms with Crippen LogP contribution in [0.15, 0.2) is 36.4 Å². The van der Waals surface area contributed by atoms with Gasteiger partial charge in [-0.1, -0.05) is 44.2 Å². The van der Waals surface area contributed by atoms with E-state index in [1.54, 1.807) is 24.3 Å². The Bertz CT molecular complexity index is 497. The van der Waals surface area contributed by atoms with Crippen LogP contribution in [-0.4, -0.2) is 18.5 Å². The van der Waals surface area contributed by atoms with Crippen molar-refractivity contribution in [2.45, 2.75) is 39.0 Å². The summed E-state index contributed by atoms with van der Waals surface area (Å²) in [4.78, 5) is 23.0. The first-order valence-electron chi connectivity index (χ1n) is 7.53. The molecule has 0 aliphatic carbocycles. The molecule has 120 valence electrons. The molecule has 1 N–H and O–H groups in total. The summed E-state index contributed by atoms with van der Waals surface area (Å²) in [6.45, 7) is 2.55. The third-order valence-electron chi connectivity index (χ3n) is 2.97. The monoisotopic (exact) mass is 323 g/mol. The van der Waals surface area contributed by atoms with Gasteiger partial charge in [0.1, 0.15) is 0 Å². The quantitative estimate of drug-likeness (QED) is 0.417. The predicted octanol–water partition coefficient (Wildman–Crippen LogP) is 4.35. The van der Waals surface area contributed by atoms with Gasteiger partial charge in [0.15, 0.2) is 0 Å². The summed E-state index contributed by atoms with van der Waals surface area (Å²) in [5.41, 5.74) is 0.614. The lowest BCUT2D eigenvalue weighted by molar-refractivity contribution is -0.138. The molecule has 0 atom stereocenters. The molecule has 0 bridgehead atoms. The fourth-order valence-corrected chi connectivity index (χ4v) is 1.91. The minimum atomic E-state index is -0.498. The average molecular weight is 324 g/mol. The molecule has 0 spiro atoms. The minimum absolute atomic E-state index is 0.387. The van der Waals surface area contributed by atoms with Crippen LogP contribution in [0.3, 0.4) is 0 Å². The van der Waals surface area contributed by atoms with Crippen molar-refractivity contribution in [1.29, 1.82) is 0 Å². The second-order valence-corrected chi connectivity index (χ2v) is 5.35. The molecule has 0 unspecified atom stereocenters. The molecule has 0 saturated heterocycles. The topological polar surface area (TPSA) is 55.4 Å². The number of hydrogen-bond acceptors (Lipinski definition) is 3. The van der Waals surface area contributed by atoms with E-state index in [-0.39, 0.29) is 5.91 Å². The Labute approximate surface area is 136 Å². The third kappa shape index (κ3) is 8.47. The standard InChI is InChI=1S/C17H22ClNO3/c1-2-3-4-5-6-13-22-17(21)12-11-16(20)19-15-9-7-14(18)8-10-15/h7-12H,2-6,13H2,1H3,(H,19,20)/b12-11+. The Balaban J connectivity index is 2.21. The summed E-state index contributed by atoms with van der Waals surface area (Å²) in [5, 5.41) is 3.22. The van der Waals surface area contributed by atoms with Crippen LogP contribution in [0.4, 0.5) is 5.69 Å². The van der Waals surface area contributed by atoms with Gasteiger partial charge in [0.2, 0.25) is 5.91 Å². The summed E-state index contributed by atoms with van der Waals surface area (Å²) in [5.74, 6) is -0.885. The molecule has 1 amide bonds. The van der Waals surface area contributed by atoms with Crippen LogP contribution in [-0.2, 0) is 14.3 Å². The smallest absolute Gasteiger partial charge is 0.330 e. The van der Waals surface area contributed by atoms with E-state index in [9.17, 15) is 9.59 Å². The van der Waals surface area contributed by atoms with Crippen molar-refractivity contribution < 1.29 is 14.3 Å². The Morgan fingerprint density at radius 3 is 2.45 bits per heavy atom. The number of nitrogens with one attached hydrogen (secondary N) is 1. The Morgan fingerprint density at radius 1 is 1.09 bits per heavy atom. The van der Waals surface area contributed by atoms with E-state index >= 15 is 0 Å². The summed E-state index contributed by atoms with van der Waals surface area (Å²) in [6.07, 6.45) is 7.76. The molecule has 0 saturated carbocycles. The van der Waals surface area contributed by atoms with Crippen molar-refractivity contribution >= 4 is 29.2 Å². The van der Waals surface area contributed by atoms with Gasteiger partial charge in [-0.2, -0.15) is 0 Å². The number of anilines is 1. The van der Waals surface area contributed by atoms with Gasteiger partial charge < -0.3 is 10.1 Å². The van der Waals surface area contributed by atoms with E-state index in [1.165, 1.54) is 12.8 Å². The minimum Gasteiger partial charge on any atom is -0.463 e. The van der Waals surface area contributed by atoms with Crippen molar-refractivity contribution in [2.24, 2.45) is 0 Å². The number of hydrogen-bond donors (Lipinski definition) is 1. The lowest BCUT2D eigenvalue weighted by Gasteiger charge is -2.03. The molecule has 0 fully saturated rings. The maximum absolute atomic E-state index is 11.6. The largest absolute Gasteiger partial charge is 0.463 e. The van der Waals surface area contributed by atoms with Gasteiger partial charge >= 0.3 is 5.97 Å². The van der Waals surface area contributed by atoms with E-state index in [4.69, 9.17) is 16.3 Å². The average Bonchev–Trinajstić information content (AvgIpc) is 2.51. The zero-order valence-electron chi connectivity index (χ0n) is 12.8. The van der Waals surface area contributed by atoms with Crippen molar-refractivity contribution in [3.8, 4) is 0 Å². The van der Waals surface area contributed by atoms with Crippen LogP contribution in [0, 0.1) is 0 Å². The molecular weight excluding hydrogens is 302 g/mol. The van der Waals surface area contributed by atoms with Crippen LogP contribution in [0.1, 0.15) is 39.0 Å². The van der Waals surface area contributed by atoms with Crippen LogP contribution >= 0.6 is 11.6 Å². The highest BCUT2D eigenvalue weighted by Gasteiger charge is 2.01. The van der Waals surface area contributed by atoms with Gasteiger partial charge in [-0.05, 0) is 30.7 Å². The van der Waals surface area contributed by atoms with Gasteiger partial charge in [-0.15, -0.1) is 0 Å². The molecule has 1 rings (SSSR count). The zero-order valence-corrected chi connectivity index (χ0v) is 13.6. The molecule has 0 aliphatic heterocycles. The van der Waals surface area contributed by atoms with Gasteiger partial charge in [0.25, 0.3) is 0 Å². The van der Waals surface area contributed by atoms with Crippen molar-refractivity contribution in [2.75, 3.05) is 11.9 Å². The lowest BCUT2D eigenvalue weighted by atomic mass is 10.2. The Hall–Kier alpha value is -1.81. The maximum atomic E-state index is 11.6. The molecule has 22 heavy (non-hydrogen) atoms. The fourth-order valence-electron chi connectivity index (χ4n) is 1.79. The summed E-state index contributed by atoms with van der Waals surface area (Å²) in [6, 6.07) is 6.72. The SMILES string of the molecule is CCCCCCCOC(=O)/C=C/C(=O)Nc1ccc(Cl)cc1. The molecule has 5 heteroatoms. The van der Waals surface area contributed by atoms with Crippen LogP contribution in [0.5, 0.6) is 0 Å². The highest BCUT2D eigenvalue weighted by atomic mass is 35.5. The molecule has 0 heterocycles. The Kier molecular flexibility index (Phi) is 9.00. The number of carbonyl (C=O) groups is 2.